The summed E-state index contributed by atoms with van der Waals surface area (Å²) in [4.78, 5) is 27.3. The molecule has 31 heavy (non-hydrogen) atoms. The zero-order valence-electron chi connectivity index (χ0n) is 17.4. The van der Waals surface area contributed by atoms with E-state index in [2.05, 4.69) is 21.2 Å². The lowest BCUT2D eigenvalue weighted by Crippen LogP contribution is -2.50. The van der Waals surface area contributed by atoms with Gasteiger partial charge in [-0.2, -0.15) is 0 Å². The highest BCUT2D eigenvalue weighted by atomic mass is 79.9. The van der Waals surface area contributed by atoms with Crippen LogP contribution in [0.4, 0.5) is 0 Å². The molecule has 2 atom stereocenters. The number of carbonyl (C=O) groups is 2. The SMILES string of the molecule is CC[C@@H](C)NC(=O)[C@H](C)N(Cc1c(Cl)cccc1Cl)C(=O)COc1ccc(Br)cc1Cl. The summed E-state index contributed by atoms with van der Waals surface area (Å²) in [6, 6.07) is 9.40. The number of rotatable bonds is 9. The van der Waals surface area contributed by atoms with Crippen LogP contribution in [0.15, 0.2) is 40.9 Å². The molecule has 9 heteroatoms. The normalized spacial score (nSPS) is 12.7. The molecule has 0 aliphatic carbocycles. The van der Waals surface area contributed by atoms with Crippen LogP contribution in [0.3, 0.4) is 0 Å². The molecule has 0 saturated carbocycles. The first kappa shape index (κ1) is 25.8. The minimum Gasteiger partial charge on any atom is -0.482 e. The lowest BCUT2D eigenvalue weighted by Gasteiger charge is -2.30. The van der Waals surface area contributed by atoms with Gasteiger partial charge in [0.25, 0.3) is 5.91 Å². The fourth-order valence-electron chi connectivity index (χ4n) is 2.72. The lowest BCUT2D eigenvalue weighted by atomic mass is 10.1. The molecule has 1 N–H and O–H groups in total. The van der Waals surface area contributed by atoms with Crippen molar-refractivity contribution >= 4 is 62.5 Å². The molecule has 0 radical (unpaired) electrons. The Hall–Kier alpha value is -1.47. The van der Waals surface area contributed by atoms with Gasteiger partial charge in [0.1, 0.15) is 11.8 Å². The number of benzene rings is 2. The highest BCUT2D eigenvalue weighted by molar-refractivity contribution is 9.10. The summed E-state index contributed by atoms with van der Waals surface area (Å²) in [5.41, 5.74) is 0.559. The maximum Gasteiger partial charge on any atom is 0.261 e. The van der Waals surface area contributed by atoms with E-state index in [1.165, 1.54) is 4.90 Å². The molecule has 0 aliphatic rings. The van der Waals surface area contributed by atoms with Crippen LogP contribution in [0, 0.1) is 0 Å². The van der Waals surface area contributed by atoms with Crippen molar-refractivity contribution in [2.45, 2.75) is 45.8 Å². The molecule has 168 valence electrons. The van der Waals surface area contributed by atoms with E-state index in [4.69, 9.17) is 39.5 Å². The zero-order chi connectivity index (χ0) is 23.1. The number of nitrogens with one attached hydrogen (secondary N) is 1. The average Bonchev–Trinajstić information content (AvgIpc) is 2.72. The van der Waals surface area contributed by atoms with Gasteiger partial charge in [-0.3, -0.25) is 9.59 Å². The van der Waals surface area contributed by atoms with Crippen molar-refractivity contribution in [2.24, 2.45) is 0 Å². The van der Waals surface area contributed by atoms with E-state index in [-0.39, 0.29) is 25.1 Å². The van der Waals surface area contributed by atoms with Gasteiger partial charge in [-0.05, 0) is 50.6 Å². The van der Waals surface area contributed by atoms with Gasteiger partial charge in [0, 0.05) is 32.7 Å². The second-order valence-corrected chi connectivity index (χ2v) is 9.22. The van der Waals surface area contributed by atoms with Crippen LogP contribution in [0.2, 0.25) is 15.1 Å². The Labute approximate surface area is 206 Å². The molecule has 0 fully saturated rings. The first-order valence-corrected chi connectivity index (χ1v) is 11.7. The zero-order valence-corrected chi connectivity index (χ0v) is 21.3. The summed E-state index contributed by atoms with van der Waals surface area (Å²) >= 11 is 22.1. The first-order valence-electron chi connectivity index (χ1n) is 9.74. The number of hydrogen-bond acceptors (Lipinski definition) is 3. The molecule has 0 spiro atoms. The van der Waals surface area contributed by atoms with Gasteiger partial charge in [-0.15, -0.1) is 0 Å². The predicted molar refractivity (Wildman–Crippen MR) is 129 cm³/mol. The molecule has 0 unspecified atom stereocenters. The minimum atomic E-state index is -0.766. The minimum absolute atomic E-state index is 0.0198. The summed E-state index contributed by atoms with van der Waals surface area (Å²) in [5.74, 6) is -0.306. The van der Waals surface area contributed by atoms with Gasteiger partial charge in [-0.1, -0.05) is 63.7 Å². The molecule has 0 aliphatic heterocycles. The quantitative estimate of drug-likeness (QED) is 0.409. The Morgan fingerprint density at radius 3 is 2.32 bits per heavy atom. The topological polar surface area (TPSA) is 58.6 Å². The Morgan fingerprint density at radius 2 is 1.74 bits per heavy atom. The van der Waals surface area contributed by atoms with Crippen molar-refractivity contribution in [3.05, 3.63) is 61.5 Å². The number of carbonyl (C=O) groups excluding carboxylic acids is 2. The van der Waals surface area contributed by atoms with E-state index in [0.29, 0.717) is 26.4 Å². The summed E-state index contributed by atoms with van der Waals surface area (Å²) in [5, 5.41) is 4.10. The van der Waals surface area contributed by atoms with Crippen molar-refractivity contribution < 1.29 is 14.3 Å². The third-order valence-corrected chi connectivity index (χ3v) is 6.30. The third kappa shape index (κ3) is 7.28. The van der Waals surface area contributed by atoms with E-state index < -0.39 is 11.9 Å². The molecule has 0 aromatic heterocycles. The number of hydrogen-bond donors (Lipinski definition) is 1. The van der Waals surface area contributed by atoms with Gasteiger partial charge in [0.05, 0.1) is 5.02 Å². The molecule has 2 amide bonds. The summed E-state index contributed by atoms with van der Waals surface area (Å²) in [6.07, 6.45) is 0.772. The van der Waals surface area contributed by atoms with Crippen molar-refractivity contribution in [1.82, 2.24) is 10.2 Å². The fraction of sp³-hybridized carbons (Fsp3) is 0.364. The van der Waals surface area contributed by atoms with Crippen LogP contribution in [-0.4, -0.2) is 35.4 Å². The van der Waals surface area contributed by atoms with Gasteiger partial charge < -0.3 is 15.0 Å². The Balaban J connectivity index is 2.24. The second kappa shape index (κ2) is 12.0. The van der Waals surface area contributed by atoms with Gasteiger partial charge in [-0.25, -0.2) is 0 Å². The van der Waals surface area contributed by atoms with Crippen LogP contribution in [-0.2, 0) is 16.1 Å². The smallest absolute Gasteiger partial charge is 0.261 e. The molecule has 0 heterocycles. The molecule has 5 nitrogen and oxygen atoms in total. The van der Waals surface area contributed by atoms with Crippen molar-refractivity contribution in [3.8, 4) is 5.75 Å². The van der Waals surface area contributed by atoms with E-state index in [1.807, 2.05) is 13.8 Å². The van der Waals surface area contributed by atoms with Crippen LogP contribution in [0.25, 0.3) is 0 Å². The van der Waals surface area contributed by atoms with Crippen LogP contribution >= 0.6 is 50.7 Å². The van der Waals surface area contributed by atoms with Crippen molar-refractivity contribution in [3.63, 3.8) is 0 Å². The number of halogens is 4. The van der Waals surface area contributed by atoms with E-state index in [0.717, 1.165) is 10.9 Å². The van der Waals surface area contributed by atoms with Gasteiger partial charge >= 0.3 is 0 Å². The monoisotopic (exact) mass is 548 g/mol. The highest BCUT2D eigenvalue weighted by Crippen LogP contribution is 2.29. The Bertz CT molecular complexity index is 922. The summed E-state index contributed by atoms with van der Waals surface area (Å²) in [6.45, 7) is 5.29. The summed E-state index contributed by atoms with van der Waals surface area (Å²) in [7, 11) is 0. The van der Waals surface area contributed by atoms with Crippen LogP contribution in [0.5, 0.6) is 5.75 Å². The van der Waals surface area contributed by atoms with Crippen molar-refractivity contribution in [1.29, 1.82) is 0 Å². The Kier molecular flexibility index (Phi) is 9.94. The molecule has 0 bridgehead atoms. The number of ether oxygens (including phenoxy) is 1. The fourth-order valence-corrected chi connectivity index (χ4v) is 3.96. The molecule has 0 saturated heterocycles. The van der Waals surface area contributed by atoms with Crippen molar-refractivity contribution in [2.75, 3.05) is 6.61 Å². The van der Waals surface area contributed by atoms with E-state index >= 15 is 0 Å². The third-order valence-electron chi connectivity index (χ3n) is 4.80. The molecular weight excluding hydrogens is 527 g/mol. The molecule has 2 aromatic carbocycles. The highest BCUT2D eigenvalue weighted by Gasteiger charge is 2.28. The van der Waals surface area contributed by atoms with Crippen LogP contribution < -0.4 is 10.1 Å². The first-order chi connectivity index (χ1) is 14.6. The Morgan fingerprint density at radius 1 is 1.10 bits per heavy atom. The lowest BCUT2D eigenvalue weighted by molar-refractivity contribution is -0.142. The second-order valence-electron chi connectivity index (χ2n) is 7.08. The molecular formula is C22H24BrCl3N2O3. The summed E-state index contributed by atoms with van der Waals surface area (Å²) < 4.78 is 6.42. The predicted octanol–water partition coefficient (Wildman–Crippen LogP) is 6.12. The maximum absolute atomic E-state index is 13.1. The van der Waals surface area contributed by atoms with Gasteiger partial charge in [0.2, 0.25) is 5.91 Å². The molecule has 2 rings (SSSR count). The van der Waals surface area contributed by atoms with Crippen LogP contribution in [0.1, 0.15) is 32.8 Å². The molecule has 2 aromatic rings. The number of nitrogens with zero attached hydrogens (tertiary/aromatic N) is 1. The standard InChI is InChI=1S/C22H24BrCl3N2O3/c1-4-13(2)27-22(30)14(3)28(11-16-17(24)6-5-7-18(16)25)21(29)12-31-20-9-8-15(23)10-19(20)26/h5-10,13-14H,4,11-12H2,1-3H3,(H,27,30)/t13-,14+/m1/s1. The van der Waals surface area contributed by atoms with E-state index in [1.54, 1.807) is 43.3 Å². The number of amides is 2. The average molecular weight is 551 g/mol. The van der Waals surface area contributed by atoms with Gasteiger partial charge in [0.15, 0.2) is 6.61 Å². The largest absolute Gasteiger partial charge is 0.482 e. The van der Waals surface area contributed by atoms with E-state index in [9.17, 15) is 9.59 Å². The maximum atomic E-state index is 13.1.